The molecule has 130 valence electrons. The van der Waals surface area contributed by atoms with Crippen LogP contribution in [0.25, 0.3) is 0 Å². The van der Waals surface area contributed by atoms with Gasteiger partial charge in [-0.15, -0.1) is 0 Å². The Balaban J connectivity index is 1.83. The van der Waals surface area contributed by atoms with Crippen LogP contribution in [-0.2, 0) is 6.42 Å². The number of carbonyl (C=O) groups is 1. The lowest BCUT2D eigenvalue weighted by Gasteiger charge is -2.38. The maximum absolute atomic E-state index is 14.6. The Labute approximate surface area is 149 Å². The highest BCUT2D eigenvalue weighted by Crippen LogP contribution is 2.36. The van der Waals surface area contributed by atoms with Crippen LogP contribution in [0.3, 0.4) is 0 Å². The molecule has 0 saturated carbocycles. The average Bonchev–Trinajstić information content (AvgIpc) is 2.68. The molecule has 2 aromatic carbocycles. The van der Waals surface area contributed by atoms with Crippen molar-refractivity contribution in [3.63, 3.8) is 0 Å². The Morgan fingerprint density at radius 3 is 2.46 bits per heavy atom. The van der Waals surface area contributed by atoms with Crippen molar-refractivity contribution in [2.45, 2.75) is 12.5 Å². The second-order valence-corrected chi connectivity index (χ2v) is 6.31. The van der Waals surface area contributed by atoms with E-state index in [2.05, 4.69) is 4.98 Å². The highest BCUT2D eigenvalue weighted by atomic mass is 19.1. The zero-order chi connectivity index (χ0) is 18.1. The molecule has 1 aliphatic heterocycles. The summed E-state index contributed by atoms with van der Waals surface area (Å²) in [7, 11) is 0. The van der Waals surface area contributed by atoms with Gasteiger partial charge in [-0.05, 0) is 29.7 Å². The summed E-state index contributed by atoms with van der Waals surface area (Å²) in [6.45, 7) is 0.480. The molecule has 5 heteroatoms. The van der Waals surface area contributed by atoms with Crippen molar-refractivity contribution < 1.29 is 9.18 Å². The van der Waals surface area contributed by atoms with E-state index < -0.39 is 6.04 Å². The van der Waals surface area contributed by atoms with E-state index in [-0.39, 0.29) is 17.3 Å². The third kappa shape index (κ3) is 2.81. The second-order valence-electron chi connectivity index (χ2n) is 6.31. The van der Waals surface area contributed by atoms with Gasteiger partial charge in [0.1, 0.15) is 5.82 Å². The minimum Gasteiger partial charge on any atom is -0.328 e. The first kappa shape index (κ1) is 16.3. The van der Waals surface area contributed by atoms with Crippen molar-refractivity contribution >= 4 is 5.91 Å². The van der Waals surface area contributed by atoms with Crippen molar-refractivity contribution in [2.24, 2.45) is 0 Å². The van der Waals surface area contributed by atoms with E-state index in [1.165, 1.54) is 24.4 Å². The van der Waals surface area contributed by atoms with Gasteiger partial charge in [0.2, 0.25) is 5.56 Å². The van der Waals surface area contributed by atoms with Gasteiger partial charge in [-0.3, -0.25) is 9.59 Å². The number of rotatable bonds is 2. The van der Waals surface area contributed by atoms with E-state index in [0.717, 1.165) is 11.1 Å². The van der Waals surface area contributed by atoms with E-state index in [4.69, 9.17) is 0 Å². The normalized spacial score (nSPS) is 16.2. The Morgan fingerprint density at radius 1 is 1.00 bits per heavy atom. The number of nitrogens with zero attached hydrogens (tertiary/aromatic N) is 1. The molecule has 4 nitrogen and oxygen atoms in total. The smallest absolute Gasteiger partial charge is 0.256 e. The number of aromatic nitrogens is 1. The van der Waals surface area contributed by atoms with Crippen molar-refractivity contribution in [3.8, 4) is 0 Å². The molecule has 0 spiro atoms. The Hall–Kier alpha value is -3.21. The molecule has 2 heterocycles. The molecule has 0 aliphatic carbocycles. The Bertz CT molecular complexity index is 1010. The van der Waals surface area contributed by atoms with Crippen LogP contribution in [0, 0.1) is 5.82 Å². The number of benzene rings is 2. The van der Waals surface area contributed by atoms with Crippen LogP contribution in [0.1, 0.15) is 33.1 Å². The molecule has 0 radical (unpaired) electrons. The summed E-state index contributed by atoms with van der Waals surface area (Å²) < 4.78 is 14.6. The Morgan fingerprint density at radius 2 is 1.73 bits per heavy atom. The fraction of sp³-hybridized carbons (Fsp3) is 0.143. The van der Waals surface area contributed by atoms with Crippen molar-refractivity contribution in [3.05, 3.63) is 105 Å². The molecule has 3 aromatic rings. The number of H-pyrrole nitrogens is 1. The van der Waals surface area contributed by atoms with Crippen LogP contribution in [-0.4, -0.2) is 22.3 Å². The SMILES string of the molecule is O=C(c1ccc(=O)[nH]c1)N1CCc2ccccc2C1c1ccccc1F. The zero-order valence-electron chi connectivity index (χ0n) is 14.0. The minimum atomic E-state index is -0.499. The molecule has 26 heavy (non-hydrogen) atoms. The van der Waals surface area contributed by atoms with Gasteiger partial charge in [0.25, 0.3) is 5.91 Å². The van der Waals surface area contributed by atoms with Crippen LogP contribution in [0.5, 0.6) is 0 Å². The van der Waals surface area contributed by atoms with E-state index in [1.807, 2.05) is 24.3 Å². The third-order valence-electron chi connectivity index (χ3n) is 4.78. The molecule has 1 N–H and O–H groups in total. The molecular weight excluding hydrogens is 331 g/mol. The predicted molar refractivity (Wildman–Crippen MR) is 96.5 cm³/mol. The first-order chi connectivity index (χ1) is 12.6. The monoisotopic (exact) mass is 348 g/mol. The molecule has 1 aromatic heterocycles. The van der Waals surface area contributed by atoms with E-state index in [9.17, 15) is 14.0 Å². The highest BCUT2D eigenvalue weighted by Gasteiger charge is 2.33. The lowest BCUT2D eigenvalue weighted by atomic mass is 9.87. The van der Waals surface area contributed by atoms with Crippen molar-refractivity contribution in [1.29, 1.82) is 0 Å². The molecule has 1 unspecified atom stereocenters. The number of fused-ring (bicyclic) bond motifs is 1. The van der Waals surface area contributed by atoms with E-state index >= 15 is 0 Å². The summed E-state index contributed by atoms with van der Waals surface area (Å²) in [6.07, 6.45) is 2.11. The summed E-state index contributed by atoms with van der Waals surface area (Å²) in [5.41, 5.74) is 2.63. The molecule has 4 rings (SSSR count). The predicted octanol–water partition coefficient (Wildman–Crippen LogP) is 3.30. The van der Waals surface area contributed by atoms with Gasteiger partial charge >= 0.3 is 0 Å². The van der Waals surface area contributed by atoms with Gasteiger partial charge in [0, 0.05) is 24.4 Å². The van der Waals surface area contributed by atoms with Crippen LogP contribution in [0.15, 0.2) is 71.7 Å². The third-order valence-corrected chi connectivity index (χ3v) is 4.78. The average molecular weight is 348 g/mol. The molecule has 1 amide bonds. The number of pyridine rings is 1. The topological polar surface area (TPSA) is 53.2 Å². The number of hydrogen-bond acceptors (Lipinski definition) is 2. The van der Waals surface area contributed by atoms with E-state index in [1.54, 1.807) is 23.1 Å². The molecule has 0 bridgehead atoms. The number of nitrogens with one attached hydrogen (secondary N) is 1. The first-order valence-corrected chi connectivity index (χ1v) is 8.47. The van der Waals surface area contributed by atoms with Crippen molar-refractivity contribution in [2.75, 3.05) is 6.54 Å². The number of hydrogen-bond donors (Lipinski definition) is 1. The van der Waals surface area contributed by atoms with Crippen LogP contribution in [0.2, 0.25) is 0 Å². The standard InChI is InChI=1S/C21H17FN2O2/c22-18-8-4-3-7-17(18)20-16-6-2-1-5-14(16)11-12-24(20)21(26)15-9-10-19(25)23-13-15/h1-10,13,20H,11-12H2,(H,23,25). The Kier molecular flexibility index (Phi) is 4.13. The van der Waals surface area contributed by atoms with E-state index in [0.29, 0.717) is 24.1 Å². The van der Waals surface area contributed by atoms with Gasteiger partial charge < -0.3 is 9.88 Å². The largest absolute Gasteiger partial charge is 0.328 e. The summed E-state index contributed by atoms with van der Waals surface area (Å²) in [5, 5.41) is 0. The molecule has 1 atom stereocenters. The molecule has 0 saturated heterocycles. The maximum Gasteiger partial charge on any atom is 0.256 e. The lowest BCUT2D eigenvalue weighted by molar-refractivity contribution is 0.0691. The minimum absolute atomic E-state index is 0.232. The second kappa shape index (κ2) is 6.59. The fourth-order valence-corrected chi connectivity index (χ4v) is 3.53. The quantitative estimate of drug-likeness (QED) is 0.773. The van der Waals surface area contributed by atoms with Gasteiger partial charge in [-0.25, -0.2) is 4.39 Å². The van der Waals surface area contributed by atoms with Crippen LogP contribution in [0.4, 0.5) is 4.39 Å². The summed E-state index contributed by atoms with van der Waals surface area (Å²) >= 11 is 0. The zero-order valence-corrected chi connectivity index (χ0v) is 14.0. The summed E-state index contributed by atoms with van der Waals surface area (Å²) in [5.74, 6) is -0.572. The fourth-order valence-electron chi connectivity index (χ4n) is 3.53. The number of aromatic amines is 1. The van der Waals surface area contributed by atoms with Gasteiger partial charge in [0.05, 0.1) is 11.6 Å². The van der Waals surface area contributed by atoms with Crippen LogP contribution >= 0.6 is 0 Å². The summed E-state index contributed by atoms with van der Waals surface area (Å²) in [6, 6.07) is 16.7. The highest BCUT2D eigenvalue weighted by molar-refractivity contribution is 5.94. The lowest BCUT2D eigenvalue weighted by Crippen LogP contribution is -2.41. The maximum atomic E-state index is 14.6. The van der Waals surface area contributed by atoms with Gasteiger partial charge in [-0.1, -0.05) is 42.5 Å². The van der Waals surface area contributed by atoms with Crippen molar-refractivity contribution in [1.82, 2.24) is 9.88 Å². The number of carbonyl (C=O) groups excluding carboxylic acids is 1. The van der Waals surface area contributed by atoms with Crippen LogP contribution < -0.4 is 5.56 Å². The number of halogens is 1. The molecule has 0 fully saturated rings. The number of amides is 1. The first-order valence-electron chi connectivity index (χ1n) is 8.47. The molecule has 1 aliphatic rings. The van der Waals surface area contributed by atoms with Gasteiger partial charge in [-0.2, -0.15) is 0 Å². The summed E-state index contributed by atoms with van der Waals surface area (Å²) in [4.78, 5) is 28.6. The molecular formula is C21H17FN2O2. The van der Waals surface area contributed by atoms with Gasteiger partial charge in [0.15, 0.2) is 0 Å².